The number of hydrogen-bond acceptors (Lipinski definition) is 3. The maximum Gasteiger partial charge on any atom is 0.123 e. The molecule has 0 amide bonds. The van der Waals surface area contributed by atoms with Gasteiger partial charge in [-0.3, -0.25) is 4.90 Å². The van der Waals surface area contributed by atoms with Crippen LogP contribution in [0.4, 0.5) is 4.39 Å². The first-order valence-corrected chi connectivity index (χ1v) is 8.90. The van der Waals surface area contributed by atoms with Crippen LogP contribution >= 0.6 is 0 Å². The molecule has 0 saturated carbocycles. The summed E-state index contributed by atoms with van der Waals surface area (Å²) in [6.45, 7) is 4.55. The topological polar surface area (TPSA) is 41.3 Å². The van der Waals surface area contributed by atoms with Gasteiger partial charge >= 0.3 is 0 Å². The van der Waals surface area contributed by atoms with E-state index in [1.54, 1.807) is 12.1 Å². The zero-order valence-corrected chi connectivity index (χ0v) is 14.8. The monoisotopic (exact) mass is 351 g/mol. The number of aliphatic hydroxyl groups excluding tert-OH is 1. The molecule has 2 aromatic carbocycles. The Labute approximate surface area is 152 Å². The Morgan fingerprint density at radius 2 is 1.73 bits per heavy atom. The van der Waals surface area contributed by atoms with Gasteiger partial charge in [-0.15, -0.1) is 0 Å². The number of aromatic nitrogens is 2. The summed E-state index contributed by atoms with van der Waals surface area (Å²) in [7, 11) is 0. The number of nitrogens with zero attached hydrogens (tertiary/aromatic N) is 3. The number of likely N-dealkylation sites (tertiary alicyclic amines) is 1. The van der Waals surface area contributed by atoms with Crippen LogP contribution in [0.15, 0.2) is 54.7 Å². The molecular weight excluding hydrogens is 329 g/mol. The van der Waals surface area contributed by atoms with Crippen LogP contribution in [-0.4, -0.2) is 39.0 Å². The maximum absolute atomic E-state index is 13.1. The van der Waals surface area contributed by atoms with Crippen molar-refractivity contribution in [3.8, 4) is 16.8 Å². The molecule has 1 aliphatic heterocycles. The lowest BCUT2D eigenvalue weighted by Gasteiger charge is -2.14. The summed E-state index contributed by atoms with van der Waals surface area (Å²) in [6, 6.07) is 14.6. The van der Waals surface area contributed by atoms with Crippen molar-refractivity contribution in [3.05, 3.63) is 71.8 Å². The minimum atomic E-state index is -0.226. The zero-order chi connectivity index (χ0) is 18.1. The quantitative estimate of drug-likeness (QED) is 0.781. The molecule has 1 N–H and O–H groups in total. The van der Waals surface area contributed by atoms with Crippen LogP contribution in [0, 0.1) is 12.7 Å². The SMILES string of the molecule is Cc1c(CN2CCC(O)C2)cnn1-c1ccc(-c2ccc(F)cc2)cc1. The highest BCUT2D eigenvalue weighted by molar-refractivity contribution is 5.64. The van der Waals surface area contributed by atoms with Gasteiger partial charge in [-0.1, -0.05) is 24.3 Å². The minimum Gasteiger partial charge on any atom is -0.392 e. The standard InChI is InChI=1S/C21H22FN3O/c1-15-18(13-24-11-10-21(26)14-24)12-23-25(15)20-8-4-17(5-9-20)16-2-6-19(22)7-3-16/h2-9,12,21,26H,10-11,13-14H2,1H3. The lowest BCUT2D eigenvalue weighted by Crippen LogP contribution is -2.21. The molecule has 26 heavy (non-hydrogen) atoms. The molecule has 1 atom stereocenters. The van der Waals surface area contributed by atoms with E-state index in [9.17, 15) is 9.50 Å². The number of benzene rings is 2. The third-order valence-electron chi connectivity index (χ3n) is 5.04. The van der Waals surface area contributed by atoms with E-state index in [-0.39, 0.29) is 11.9 Å². The first kappa shape index (κ1) is 16.9. The predicted molar refractivity (Wildman–Crippen MR) is 99.6 cm³/mol. The molecule has 0 spiro atoms. The van der Waals surface area contributed by atoms with E-state index >= 15 is 0 Å². The fraction of sp³-hybridized carbons (Fsp3) is 0.286. The minimum absolute atomic E-state index is 0.204. The number of aliphatic hydroxyl groups is 1. The molecule has 1 saturated heterocycles. The van der Waals surface area contributed by atoms with Crippen molar-refractivity contribution in [2.75, 3.05) is 13.1 Å². The van der Waals surface area contributed by atoms with E-state index in [1.807, 2.05) is 35.1 Å². The number of rotatable bonds is 4. The Kier molecular flexibility index (Phi) is 4.57. The zero-order valence-electron chi connectivity index (χ0n) is 14.8. The van der Waals surface area contributed by atoms with E-state index in [4.69, 9.17) is 0 Å². The molecule has 1 unspecified atom stereocenters. The van der Waals surface area contributed by atoms with Crippen LogP contribution in [0.2, 0.25) is 0 Å². The number of β-amino-alcohol motifs (C(OH)–C–C–N with tert-alkyl or cyclic N) is 1. The van der Waals surface area contributed by atoms with Crippen LogP contribution in [0.1, 0.15) is 17.7 Å². The lowest BCUT2D eigenvalue weighted by atomic mass is 10.1. The van der Waals surface area contributed by atoms with Gasteiger partial charge in [0.2, 0.25) is 0 Å². The van der Waals surface area contributed by atoms with Crippen LogP contribution in [0.25, 0.3) is 16.8 Å². The summed E-state index contributed by atoms with van der Waals surface area (Å²) in [4.78, 5) is 2.26. The van der Waals surface area contributed by atoms with Crippen LogP contribution in [0.5, 0.6) is 0 Å². The highest BCUT2D eigenvalue weighted by Crippen LogP contribution is 2.23. The second kappa shape index (κ2) is 7.02. The largest absolute Gasteiger partial charge is 0.392 e. The molecule has 1 aromatic heterocycles. The number of halogens is 1. The molecule has 1 fully saturated rings. The average Bonchev–Trinajstić information content (AvgIpc) is 3.22. The van der Waals surface area contributed by atoms with E-state index in [0.717, 1.165) is 48.6 Å². The molecule has 0 radical (unpaired) electrons. The van der Waals surface area contributed by atoms with Crippen molar-refractivity contribution in [1.29, 1.82) is 0 Å². The molecule has 3 aromatic rings. The second-order valence-corrected chi connectivity index (χ2v) is 6.90. The second-order valence-electron chi connectivity index (χ2n) is 6.90. The van der Waals surface area contributed by atoms with Gasteiger partial charge in [0.15, 0.2) is 0 Å². The molecule has 0 aliphatic carbocycles. The van der Waals surface area contributed by atoms with E-state index in [2.05, 4.69) is 16.9 Å². The Hall–Kier alpha value is -2.50. The van der Waals surface area contributed by atoms with Crippen molar-refractivity contribution >= 4 is 0 Å². The van der Waals surface area contributed by atoms with Gasteiger partial charge in [0.25, 0.3) is 0 Å². The average molecular weight is 351 g/mol. The summed E-state index contributed by atoms with van der Waals surface area (Å²) < 4.78 is 15.0. The van der Waals surface area contributed by atoms with Crippen LogP contribution < -0.4 is 0 Å². The van der Waals surface area contributed by atoms with Gasteiger partial charge in [-0.05, 0) is 48.7 Å². The first-order valence-electron chi connectivity index (χ1n) is 8.90. The smallest absolute Gasteiger partial charge is 0.123 e. The van der Waals surface area contributed by atoms with Gasteiger partial charge in [-0.25, -0.2) is 9.07 Å². The van der Waals surface area contributed by atoms with Crippen molar-refractivity contribution in [2.45, 2.75) is 26.0 Å². The van der Waals surface area contributed by atoms with Crippen molar-refractivity contribution in [3.63, 3.8) is 0 Å². The summed E-state index contributed by atoms with van der Waals surface area (Å²) in [5.41, 5.74) is 5.33. The molecule has 134 valence electrons. The van der Waals surface area contributed by atoms with Gasteiger partial charge < -0.3 is 5.11 Å². The van der Waals surface area contributed by atoms with E-state index in [0.29, 0.717) is 0 Å². The summed E-state index contributed by atoms with van der Waals surface area (Å²) in [5.74, 6) is -0.226. The Bertz CT molecular complexity index is 887. The fourth-order valence-corrected chi connectivity index (χ4v) is 3.49. The fourth-order valence-electron chi connectivity index (χ4n) is 3.49. The summed E-state index contributed by atoms with van der Waals surface area (Å²) in [6.07, 6.45) is 2.55. The van der Waals surface area contributed by atoms with Crippen molar-refractivity contribution < 1.29 is 9.50 Å². The Morgan fingerprint density at radius 1 is 1.08 bits per heavy atom. The Balaban J connectivity index is 1.53. The molecule has 4 rings (SSSR count). The Morgan fingerprint density at radius 3 is 2.35 bits per heavy atom. The molecule has 1 aliphatic rings. The summed E-state index contributed by atoms with van der Waals surface area (Å²) in [5, 5.41) is 14.2. The molecule has 5 heteroatoms. The lowest BCUT2D eigenvalue weighted by molar-refractivity contribution is 0.174. The summed E-state index contributed by atoms with van der Waals surface area (Å²) >= 11 is 0. The highest BCUT2D eigenvalue weighted by Gasteiger charge is 2.21. The van der Waals surface area contributed by atoms with E-state index in [1.165, 1.54) is 17.7 Å². The van der Waals surface area contributed by atoms with Crippen molar-refractivity contribution in [2.24, 2.45) is 0 Å². The number of hydrogen-bond donors (Lipinski definition) is 1. The van der Waals surface area contributed by atoms with Crippen LogP contribution in [0.3, 0.4) is 0 Å². The van der Waals surface area contributed by atoms with Gasteiger partial charge in [-0.2, -0.15) is 5.10 Å². The highest BCUT2D eigenvalue weighted by atomic mass is 19.1. The molecular formula is C21H22FN3O. The molecule has 4 nitrogen and oxygen atoms in total. The van der Waals surface area contributed by atoms with Crippen LogP contribution in [-0.2, 0) is 6.54 Å². The van der Waals surface area contributed by atoms with Gasteiger partial charge in [0, 0.05) is 30.9 Å². The van der Waals surface area contributed by atoms with Gasteiger partial charge in [0.05, 0.1) is 18.0 Å². The van der Waals surface area contributed by atoms with Gasteiger partial charge in [0.1, 0.15) is 5.82 Å². The normalized spacial score (nSPS) is 17.7. The predicted octanol–water partition coefficient (Wildman–Crippen LogP) is 3.55. The third-order valence-corrected chi connectivity index (χ3v) is 5.04. The molecule has 2 heterocycles. The van der Waals surface area contributed by atoms with Crippen molar-refractivity contribution in [1.82, 2.24) is 14.7 Å². The first-order chi connectivity index (χ1) is 12.6. The van der Waals surface area contributed by atoms with E-state index < -0.39 is 0 Å². The molecule has 0 bridgehead atoms. The maximum atomic E-state index is 13.1. The third kappa shape index (κ3) is 3.41.